The van der Waals surface area contributed by atoms with E-state index in [4.69, 9.17) is 5.26 Å². The summed E-state index contributed by atoms with van der Waals surface area (Å²) in [6, 6.07) is 11.7. The molecule has 0 amide bonds. The van der Waals surface area contributed by atoms with Gasteiger partial charge in [0.15, 0.2) is 0 Å². The Bertz CT molecular complexity index is 618. The highest BCUT2D eigenvalue weighted by atomic mass is 32.2. The average molecular weight is 298 g/mol. The van der Waals surface area contributed by atoms with E-state index >= 15 is 0 Å². The fourth-order valence-electron chi connectivity index (χ4n) is 2.45. The van der Waals surface area contributed by atoms with Gasteiger partial charge in [0.1, 0.15) is 0 Å². The van der Waals surface area contributed by atoms with Crippen molar-refractivity contribution in [1.82, 2.24) is 14.7 Å². The summed E-state index contributed by atoms with van der Waals surface area (Å²) in [5.41, 5.74) is 2.70. The van der Waals surface area contributed by atoms with Crippen molar-refractivity contribution in [2.45, 2.75) is 13.1 Å². The molecular formula is C16H18N4S. The molecule has 1 aliphatic rings. The maximum absolute atomic E-state index is 8.83. The molecule has 1 aromatic carbocycles. The van der Waals surface area contributed by atoms with Crippen molar-refractivity contribution >= 4 is 11.8 Å². The Kier molecular flexibility index (Phi) is 4.59. The van der Waals surface area contributed by atoms with Crippen LogP contribution in [0.5, 0.6) is 0 Å². The third-order valence-corrected chi connectivity index (χ3v) is 4.66. The lowest BCUT2D eigenvalue weighted by molar-refractivity contribution is 0.223. The highest BCUT2D eigenvalue weighted by Crippen LogP contribution is 2.18. The van der Waals surface area contributed by atoms with E-state index in [0.717, 1.165) is 31.0 Å². The van der Waals surface area contributed by atoms with E-state index < -0.39 is 0 Å². The Morgan fingerprint density at radius 1 is 1.14 bits per heavy atom. The molecule has 0 bridgehead atoms. The van der Waals surface area contributed by atoms with Crippen LogP contribution in [-0.2, 0) is 6.67 Å². The summed E-state index contributed by atoms with van der Waals surface area (Å²) in [6.07, 6.45) is 3.29. The first-order chi connectivity index (χ1) is 10.3. The van der Waals surface area contributed by atoms with Crippen LogP contribution in [0.2, 0.25) is 0 Å². The molecule has 5 heteroatoms. The summed E-state index contributed by atoms with van der Waals surface area (Å²) < 4.78 is 2.00. The van der Waals surface area contributed by atoms with Gasteiger partial charge in [-0.25, -0.2) is 0 Å². The number of thioether (sulfide) groups is 1. The highest BCUT2D eigenvalue weighted by molar-refractivity contribution is 7.99. The van der Waals surface area contributed by atoms with E-state index in [1.54, 1.807) is 0 Å². The van der Waals surface area contributed by atoms with Crippen LogP contribution in [0.4, 0.5) is 0 Å². The Labute approximate surface area is 129 Å². The van der Waals surface area contributed by atoms with E-state index in [1.165, 1.54) is 17.9 Å². The second-order valence-electron chi connectivity index (χ2n) is 5.15. The number of hydrogen-bond acceptors (Lipinski definition) is 4. The molecule has 4 nitrogen and oxygen atoms in total. The van der Waals surface area contributed by atoms with Crippen LogP contribution in [0.1, 0.15) is 12.0 Å². The van der Waals surface area contributed by atoms with Crippen molar-refractivity contribution in [3.05, 3.63) is 42.1 Å². The third-order valence-electron chi connectivity index (χ3n) is 3.61. The van der Waals surface area contributed by atoms with Crippen LogP contribution < -0.4 is 0 Å². The lowest BCUT2D eigenvalue weighted by atomic mass is 10.1. The van der Waals surface area contributed by atoms with Crippen LogP contribution in [-0.4, -0.2) is 39.3 Å². The van der Waals surface area contributed by atoms with Gasteiger partial charge in [-0.3, -0.25) is 9.58 Å². The van der Waals surface area contributed by atoms with Gasteiger partial charge in [0.2, 0.25) is 0 Å². The molecule has 1 aliphatic heterocycles. The van der Waals surface area contributed by atoms with Crippen LogP contribution >= 0.6 is 11.8 Å². The molecule has 3 rings (SSSR count). The number of nitrogens with zero attached hydrogens (tertiary/aromatic N) is 4. The number of nitriles is 1. The Morgan fingerprint density at radius 3 is 2.81 bits per heavy atom. The van der Waals surface area contributed by atoms with Crippen LogP contribution in [0, 0.1) is 11.3 Å². The fourth-order valence-corrected chi connectivity index (χ4v) is 3.38. The Hall–Kier alpha value is -1.77. The first kappa shape index (κ1) is 14.2. The quantitative estimate of drug-likeness (QED) is 0.874. The van der Waals surface area contributed by atoms with Gasteiger partial charge in [-0.05, 0) is 30.4 Å². The van der Waals surface area contributed by atoms with E-state index in [0.29, 0.717) is 5.56 Å². The number of hydrogen-bond donors (Lipinski definition) is 0. The van der Waals surface area contributed by atoms with Crippen molar-refractivity contribution in [2.24, 2.45) is 0 Å². The van der Waals surface area contributed by atoms with Gasteiger partial charge in [-0.1, -0.05) is 12.1 Å². The molecule has 0 aliphatic carbocycles. The van der Waals surface area contributed by atoms with Gasteiger partial charge in [-0.2, -0.15) is 22.1 Å². The SMILES string of the molecule is N#Cc1ccc(-c2ccn(CN3CCCSCC3)n2)cc1. The van der Waals surface area contributed by atoms with Crippen LogP contribution in [0.25, 0.3) is 11.3 Å². The molecule has 1 fully saturated rings. The summed E-state index contributed by atoms with van der Waals surface area (Å²) in [5, 5.41) is 13.5. The maximum Gasteiger partial charge on any atom is 0.0991 e. The second-order valence-corrected chi connectivity index (χ2v) is 6.38. The first-order valence-corrected chi connectivity index (χ1v) is 8.35. The molecular weight excluding hydrogens is 280 g/mol. The molecule has 0 saturated carbocycles. The summed E-state index contributed by atoms with van der Waals surface area (Å²) in [5.74, 6) is 2.48. The van der Waals surface area contributed by atoms with Gasteiger partial charge in [-0.15, -0.1) is 0 Å². The zero-order chi connectivity index (χ0) is 14.5. The van der Waals surface area contributed by atoms with Crippen molar-refractivity contribution in [3.63, 3.8) is 0 Å². The smallest absolute Gasteiger partial charge is 0.0991 e. The summed E-state index contributed by atoms with van der Waals surface area (Å²) >= 11 is 2.04. The molecule has 1 aromatic heterocycles. The lowest BCUT2D eigenvalue weighted by Crippen LogP contribution is -2.28. The molecule has 0 radical (unpaired) electrons. The molecule has 2 aromatic rings. The molecule has 0 N–H and O–H groups in total. The minimum atomic E-state index is 0.681. The van der Waals surface area contributed by atoms with Gasteiger partial charge in [0.25, 0.3) is 0 Å². The minimum Gasteiger partial charge on any atom is -0.284 e. The average Bonchev–Trinajstić information content (AvgIpc) is 2.83. The van der Waals surface area contributed by atoms with E-state index in [2.05, 4.69) is 16.1 Å². The highest BCUT2D eigenvalue weighted by Gasteiger charge is 2.10. The van der Waals surface area contributed by atoms with E-state index in [1.807, 2.05) is 53.0 Å². The van der Waals surface area contributed by atoms with Crippen molar-refractivity contribution in [1.29, 1.82) is 5.26 Å². The van der Waals surface area contributed by atoms with Crippen molar-refractivity contribution in [3.8, 4) is 17.3 Å². The number of rotatable bonds is 3. The molecule has 0 unspecified atom stereocenters. The molecule has 0 atom stereocenters. The Morgan fingerprint density at radius 2 is 2.00 bits per heavy atom. The van der Waals surface area contributed by atoms with Crippen LogP contribution in [0.3, 0.4) is 0 Å². The zero-order valence-corrected chi connectivity index (χ0v) is 12.7. The largest absolute Gasteiger partial charge is 0.284 e. The fraction of sp³-hybridized carbons (Fsp3) is 0.375. The summed E-state index contributed by atoms with van der Waals surface area (Å²) in [6.45, 7) is 3.15. The standard InChI is InChI=1S/C16H18N4S/c17-12-14-2-4-15(5-3-14)16-6-8-20(18-16)13-19-7-1-10-21-11-9-19/h2-6,8H,1,7,9-11,13H2. The molecule has 0 spiro atoms. The van der Waals surface area contributed by atoms with Gasteiger partial charge < -0.3 is 0 Å². The molecule has 2 heterocycles. The van der Waals surface area contributed by atoms with Crippen molar-refractivity contribution < 1.29 is 0 Å². The van der Waals surface area contributed by atoms with Gasteiger partial charge >= 0.3 is 0 Å². The normalized spacial score (nSPS) is 16.3. The molecule has 1 saturated heterocycles. The summed E-state index contributed by atoms with van der Waals surface area (Å²) in [4.78, 5) is 2.45. The molecule has 108 valence electrons. The third kappa shape index (κ3) is 3.66. The second kappa shape index (κ2) is 6.79. The first-order valence-electron chi connectivity index (χ1n) is 7.19. The number of aromatic nitrogens is 2. The zero-order valence-electron chi connectivity index (χ0n) is 11.9. The topological polar surface area (TPSA) is 44.9 Å². The predicted octanol–water partition coefficient (Wildman–Crippen LogP) is 2.82. The van der Waals surface area contributed by atoms with Gasteiger partial charge in [0.05, 0.1) is 24.0 Å². The Balaban J connectivity index is 1.69. The van der Waals surface area contributed by atoms with E-state index in [9.17, 15) is 0 Å². The lowest BCUT2D eigenvalue weighted by Gasteiger charge is -2.19. The van der Waals surface area contributed by atoms with Crippen molar-refractivity contribution in [2.75, 3.05) is 24.6 Å². The predicted molar refractivity (Wildman–Crippen MR) is 85.9 cm³/mol. The monoisotopic (exact) mass is 298 g/mol. The maximum atomic E-state index is 8.83. The van der Waals surface area contributed by atoms with Crippen LogP contribution in [0.15, 0.2) is 36.5 Å². The van der Waals surface area contributed by atoms with Gasteiger partial charge in [0, 0.05) is 30.6 Å². The molecule has 21 heavy (non-hydrogen) atoms. The van der Waals surface area contributed by atoms with E-state index in [-0.39, 0.29) is 0 Å². The summed E-state index contributed by atoms with van der Waals surface area (Å²) in [7, 11) is 0. The number of benzene rings is 1. The minimum absolute atomic E-state index is 0.681.